The first-order valence-corrected chi connectivity index (χ1v) is 14.7. The van der Waals surface area contributed by atoms with Crippen LogP contribution in [0.1, 0.15) is 44.2 Å². The van der Waals surface area contributed by atoms with E-state index >= 15 is 0 Å². The highest BCUT2D eigenvalue weighted by Crippen LogP contribution is 2.55. The second-order valence-electron chi connectivity index (χ2n) is 12.2. The number of nitrogens with one attached hydrogen (secondary N) is 2. The van der Waals surface area contributed by atoms with Gasteiger partial charge >= 0.3 is 0 Å². The minimum absolute atomic E-state index is 0.0212. The zero-order valence-corrected chi connectivity index (χ0v) is 24.1. The van der Waals surface area contributed by atoms with Crippen molar-refractivity contribution >= 4 is 23.4 Å². The Bertz CT molecular complexity index is 1390. The predicted molar refractivity (Wildman–Crippen MR) is 155 cm³/mol. The molecule has 2 aromatic rings. The lowest BCUT2D eigenvalue weighted by molar-refractivity contribution is -0.142. The summed E-state index contributed by atoms with van der Waals surface area (Å²) in [5.74, 6) is -0.858. The molecule has 6 rings (SSSR count). The number of nitrogens with zero attached hydrogens (tertiary/aromatic N) is 1. The van der Waals surface area contributed by atoms with E-state index in [1.54, 1.807) is 12.0 Å². The van der Waals surface area contributed by atoms with Crippen LogP contribution in [0.2, 0.25) is 0 Å². The van der Waals surface area contributed by atoms with Gasteiger partial charge in [0.25, 0.3) is 0 Å². The minimum Gasteiger partial charge on any atom is -0.496 e. The molecule has 1 spiro atoms. The second-order valence-corrected chi connectivity index (χ2v) is 12.2. The van der Waals surface area contributed by atoms with Crippen LogP contribution in [0.25, 0.3) is 0 Å². The Morgan fingerprint density at radius 2 is 1.90 bits per heavy atom. The van der Waals surface area contributed by atoms with Crippen molar-refractivity contribution in [2.75, 3.05) is 12.4 Å². The van der Waals surface area contributed by atoms with E-state index in [4.69, 9.17) is 9.47 Å². The lowest BCUT2D eigenvalue weighted by atomic mass is 9.73. The molecule has 0 aromatic heterocycles. The average molecular weight is 558 g/mol. The van der Waals surface area contributed by atoms with Crippen molar-refractivity contribution in [1.82, 2.24) is 10.2 Å². The maximum Gasteiger partial charge on any atom is 0.246 e. The van der Waals surface area contributed by atoms with E-state index in [-0.39, 0.29) is 30.3 Å². The number of para-hydroxylation sites is 1. The molecule has 4 aliphatic rings. The topological polar surface area (TPSA) is 97.0 Å². The molecule has 3 amide bonds. The van der Waals surface area contributed by atoms with Crippen LogP contribution in [0.3, 0.4) is 0 Å². The summed E-state index contributed by atoms with van der Waals surface area (Å²) in [6.45, 7) is 6.55. The molecule has 2 N–H and O–H groups in total. The first-order valence-electron chi connectivity index (χ1n) is 14.7. The van der Waals surface area contributed by atoms with Crippen LogP contribution in [0, 0.1) is 30.6 Å². The van der Waals surface area contributed by atoms with Crippen molar-refractivity contribution < 1.29 is 23.9 Å². The molecule has 8 heteroatoms. The number of methoxy groups -OCH3 is 1. The van der Waals surface area contributed by atoms with Crippen molar-refractivity contribution in [1.29, 1.82) is 0 Å². The van der Waals surface area contributed by atoms with Gasteiger partial charge in [0, 0.05) is 17.3 Å². The molecule has 8 atom stereocenters. The van der Waals surface area contributed by atoms with Crippen molar-refractivity contribution in [3.8, 4) is 5.75 Å². The molecule has 0 radical (unpaired) electrons. The van der Waals surface area contributed by atoms with E-state index in [1.165, 1.54) is 0 Å². The maximum atomic E-state index is 14.3. The average Bonchev–Trinajstić information content (AvgIpc) is 3.59. The van der Waals surface area contributed by atoms with Gasteiger partial charge in [-0.1, -0.05) is 69.2 Å². The van der Waals surface area contributed by atoms with Gasteiger partial charge in [0.05, 0.1) is 31.6 Å². The lowest BCUT2D eigenvalue weighted by Crippen LogP contribution is -2.57. The Hall–Kier alpha value is -3.65. The van der Waals surface area contributed by atoms with Crippen LogP contribution in [0.4, 0.5) is 5.69 Å². The Kier molecular flexibility index (Phi) is 7.14. The number of aryl methyl sites for hydroxylation is 1. The van der Waals surface area contributed by atoms with Gasteiger partial charge in [-0.3, -0.25) is 14.4 Å². The third kappa shape index (κ3) is 4.62. The summed E-state index contributed by atoms with van der Waals surface area (Å²) in [6, 6.07) is 14.2. The number of hydrogen-bond donors (Lipinski definition) is 2. The quantitative estimate of drug-likeness (QED) is 0.497. The molecule has 1 aliphatic carbocycles. The van der Waals surface area contributed by atoms with E-state index in [0.717, 1.165) is 30.4 Å². The van der Waals surface area contributed by atoms with E-state index in [9.17, 15) is 14.4 Å². The van der Waals surface area contributed by atoms with Gasteiger partial charge in [-0.2, -0.15) is 0 Å². The molecule has 6 unspecified atom stereocenters. The first kappa shape index (κ1) is 27.5. The Balaban J connectivity index is 1.35. The van der Waals surface area contributed by atoms with Gasteiger partial charge in [0.15, 0.2) is 0 Å². The summed E-state index contributed by atoms with van der Waals surface area (Å²) in [5, 5.41) is 6.31. The number of carbonyl (C=O) groups excluding carboxylic acids is 3. The van der Waals surface area contributed by atoms with Gasteiger partial charge in [-0.05, 0) is 48.9 Å². The minimum atomic E-state index is -1.22. The van der Waals surface area contributed by atoms with Gasteiger partial charge in [0.2, 0.25) is 17.7 Å². The van der Waals surface area contributed by atoms with Crippen LogP contribution >= 0.6 is 0 Å². The van der Waals surface area contributed by atoms with Gasteiger partial charge < -0.3 is 25.0 Å². The summed E-state index contributed by atoms with van der Waals surface area (Å²) < 4.78 is 12.1. The normalized spacial score (nSPS) is 33.5. The zero-order valence-electron chi connectivity index (χ0n) is 24.1. The maximum absolute atomic E-state index is 14.3. The largest absolute Gasteiger partial charge is 0.496 e. The van der Waals surface area contributed by atoms with E-state index in [1.807, 2.05) is 67.6 Å². The number of likely N-dealkylation sites (tertiary alicyclic amines) is 1. The van der Waals surface area contributed by atoms with Gasteiger partial charge in [-0.15, -0.1) is 0 Å². The number of anilines is 1. The molecule has 3 fully saturated rings. The smallest absolute Gasteiger partial charge is 0.246 e. The van der Waals surface area contributed by atoms with Gasteiger partial charge in [-0.25, -0.2) is 0 Å². The molecule has 2 saturated heterocycles. The number of hydrogen-bond acceptors (Lipinski definition) is 5. The Morgan fingerprint density at radius 1 is 1.10 bits per heavy atom. The van der Waals surface area contributed by atoms with E-state index in [2.05, 4.69) is 24.5 Å². The fraction of sp³-hybridized carbons (Fsp3) is 0.485. The molecule has 2 aromatic carbocycles. The van der Waals surface area contributed by atoms with Crippen molar-refractivity contribution in [3.63, 3.8) is 0 Å². The standard InChI is InChI=1S/C33H39N3O5/c1-19-9-7-12-23(17-19)34-30(37)27-26-15-16-33(41-26)28(27)32(39)36(18-22-11-5-6-14-25(22)40-4)29(33)31(38)35-24-13-8-10-20(2)21(24)3/h5-7,9,11-12,14-17,20-21,24,26-29H,8,10,13,18H2,1-4H3,(H,34,37)(H,35,38)/t20?,21?,24?,26-,27?,28-,29?,33?/m0/s1. The predicted octanol–water partition coefficient (Wildman–Crippen LogP) is 4.23. The molecule has 3 aliphatic heterocycles. The number of carbonyl (C=O) groups is 3. The summed E-state index contributed by atoms with van der Waals surface area (Å²) in [6.07, 6.45) is 6.23. The second kappa shape index (κ2) is 10.6. The SMILES string of the molecule is COc1ccccc1CN1C(=O)[C@@H]2C(C(=O)Nc3cccc(C)c3)[C@@H]3C=CC2(O3)C1C(=O)NC1CCCC(C)C1C. The zero-order chi connectivity index (χ0) is 28.9. The molecule has 2 bridgehead atoms. The third-order valence-electron chi connectivity index (χ3n) is 9.78. The van der Waals surface area contributed by atoms with Crippen LogP contribution < -0.4 is 15.4 Å². The summed E-state index contributed by atoms with van der Waals surface area (Å²) >= 11 is 0. The number of ether oxygens (including phenoxy) is 2. The number of benzene rings is 2. The number of fused-ring (bicyclic) bond motifs is 1. The van der Waals surface area contributed by atoms with Crippen LogP contribution in [0.15, 0.2) is 60.7 Å². The molecular formula is C33H39N3O5. The van der Waals surface area contributed by atoms with Crippen molar-refractivity contribution in [3.05, 3.63) is 71.8 Å². The highest BCUT2D eigenvalue weighted by Gasteiger charge is 2.72. The molecule has 1 saturated carbocycles. The van der Waals surface area contributed by atoms with Crippen LogP contribution in [0.5, 0.6) is 5.75 Å². The van der Waals surface area contributed by atoms with E-state index < -0.39 is 29.6 Å². The monoisotopic (exact) mass is 557 g/mol. The highest BCUT2D eigenvalue weighted by molar-refractivity contribution is 6.02. The fourth-order valence-electron chi connectivity index (χ4n) is 7.45. The summed E-state index contributed by atoms with van der Waals surface area (Å²) in [4.78, 5) is 43.9. The fourth-order valence-corrected chi connectivity index (χ4v) is 7.45. The summed E-state index contributed by atoms with van der Waals surface area (Å²) in [5.41, 5.74) is 1.26. The molecule has 8 nitrogen and oxygen atoms in total. The summed E-state index contributed by atoms with van der Waals surface area (Å²) in [7, 11) is 1.59. The Morgan fingerprint density at radius 3 is 2.68 bits per heavy atom. The van der Waals surface area contributed by atoms with Crippen molar-refractivity contribution in [2.45, 2.75) is 70.4 Å². The number of amides is 3. The Labute approximate surface area is 241 Å². The van der Waals surface area contributed by atoms with Gasteiger partial charge in [0.1, 0.15) is 17.4 Å². The highest BCUT2D eigenvalue weighted by atomic mass is 16.5. The number of rotatable bonds is 7. The molecular weight excluding hydrogens is 518 g/mol. The van der Waals surface area contributed by atoms with Crippen molar-refractivity contribution in [2.24, 2.45) is 23.7 Å². The van der Waals surface area contributed by atoms with Crippen LogP contribution in [-0.2, 0) is 25.7 Å². The molecule has 3 heterocycles. The first-order chi connectivity index (χ1) is 19.7. The lowest BCUT2D eigenvalue weighted by Gasteiger charge is -2.38. The van der Waals surface area contributed by atoms with E-state index in [0.29, 0.717) is 23.3 Å². The van der Waals surface area contributed by atoms with Crippen LogP contribution in [-0.4, -0.2) is 53.5 Å². The molecule has 216 valence electrons. The molecule has 41 heavy (non-hydrogen) atoms. The third-order valence-corrected chi connectivity index (χ3v) is 9.78.